The zero-order valence-corrected chi connectivity index (χ0v) is 7.97. The van der Waals surface area contributed by atoms with Gasteiger partial charge in [0.05, 0.1) is 7.11 Å². The van der Waals surface area contributed by atoms with Gasteiger partial charge in [-0.25, -0.2) is 0 Å². The summed E-state index contributed by atoms with van der Waals surface area (Å²) in [4.78, 5) is 15.7. The van der Waals surface area contributed by atoms with E-state index in [-0.39, 0.29) is 24.2 Å². The highest BCUT2D eigenvalue weighted by atomic mass is 35.5. The highest BCUT2D eigenvalue weighted by Gasteiger charge is 2.22. The van der Waals surface area contributed by atoms with Gasteiger partial charge in [0.25, 0.3) is 0 Å². The molecule has 0 bridgehead atoms. The van der Waals surface area contributed by atoms with Gasteiger partial charge in [-0.2, -0.15) is 5.06 Å². The molecule has 0 radical (unpaired) electrons. The van der Waals surface area contributed by atoms with E-state index in [2.05, 4.69) is 0 Å². The Morgan fingerprint density at radius 2 is 2.00 bits per heavy atom. The van der Waals surface area contributed by atoms with Gasteiger partial charge in [-0.1, -0.05) is 0 Å². The van der Waals surface area contributed by atoms with Gasteiger partial charge in [0, 0.05) is 19.0 Å². The van der Waals surface area contributed by atoms with Crippen molar-refractivity contribution >= 4 is 18.3 Å². The molecule has 1 amide bonds. The summed E-state index contributed by atoms with van der Waals surface area (Å²) in [7, 11) is 1.64. The average Bonchev–Trinajstić information content (AvgIpc) is 2.05. The van der Waals surface area contributed by atoms with Gasteiger partial charge < -0.3 is 10.6 Å². The molecule has 4 nitrogen and oxygen atoms in total. The van der Waals surface area contributed by atoms with Crippen LogP contribution in [0.4, 0.5) is 0 Å². The van der Waals surface area contributed by atoms with Crippen molar-refractivity contribution < 1.29 is 9.63 Å². The van der Waals surface area contributed by atoms with Crippen molar-refractivity contribution in [3.05, 3.63) is 0 Å². The lowest BCUT2D eigenvalue weighted by molar-refractivity contribution is -0.153. The van der Waals surface area contributed by atoms with Crippen LogP contribution < -0.4 is 5.73 Å². The number of hydrogen-bond acceptors (Lipinski definition) is 3. The summed E-state index contributed by atoms with van der Waals surface area (Å²) in [6, 6.07) is 0. The molecule has 1 aliphatic heterocycles. The zero-order chi connectivity index (χ0) is 8.27. The third-order valence-corrected chi connectivity index (χ3v) is 2.11. The number of nitrogens with two attached hydrogens (primary N) is 1. The molecule has 0 aromatic heterocycles. The van der Waals surface area contributed by atoms with Crippen LogP contribution in [0.5, 0.6) is 0 Å². The highest BCUT2D eigenvalue weighted by molar-refractivity contribution is 5.85. The number of carbonyl (C=O) groups excluding carboxylic acids is 1. The zero-order valence-electron chi connectivity index (χ0n) is 7.16. The quantitative estimate of drug-likeness (QED) is 0.682. The van der Waals surface area contributed by atoms with Crippen LogP contribution in [0.25, 0.3) is 0 Å². The SMILES string of the molecule is CON1CCC(C(N)=O)CC1.Cl. The number of amides is 1. The van der Waals surface area contributed by atoms with Crippen molar-refractivity contribution in [1.29, 1.82) is 0 Å². The molecule has 0 aromatic carbocycles. The van der Waals surface area contributed by atoms with E-state index in [0.29, 0.717) is 0 Å². The molecule has 0 saturated carbocycles. The highest BCUT2D eigenvalue weighted by Crippen LogP contribution is 2.15. The van der Waals surface area contributed by atoms with E-state index >= 15 is 0 Å². The van der Waals surface area contributed by atoms with Gasteiger partial charge in [-0.15, -0.1) is 12.4 Å². The van der Waals surface area contributed by atoms with Crippen LogP contribution in [0.2, 0.25) is 0 Å². The molecule has 2 N–H and O–H groups in total. The second kappa shape index (κ2) is 5.35. The van der Waals surface area contributed by atoms with Gasteiger partial charge in [0.2, 0.25) is 5.91 Å². The summed E-state index contributed by atoms with van der Waals surface area (Å²) in [5.41, 5.74) is 5.16. The molecule has 12 heavy (non-hydrogen) atoms. The van der Waals surface area contributed by atoms with Crippen LogP contribution in [0.15, 0.2) is 0 Å². The minimum atomic E-state index is -0.180. The Hall–Kier alpha value is -0.320. The van der Waals surface area contributed by atoms with Crippen molar-refractivity contribution in [3.8, 4) is 0 Å². The maximum Gasteiger partial charge on any atom is 0.220 e. The molecular formula is C7H15ClN2O2. The first-order chi connectivity index (χ1) is 5.24. The number of carbonyl (C=O) groups is 1. The Morgan fingerprint density at radius 3 is 2.33 bits per heavy atom. The molecule has 1 aliphatic rings. The molecule has 0 unspecified atom stereocenters. The summed E-state index contributed by atoms with van der Waals surface area (Å²) in [5.74, 6) is -0.123. The summed E-state index contributed by atoms with van der Waals surface area (Å²) in [6.45, 7) is 1.62. The topological polar surface area (TPSA) is 55.6 Å². The lowest BCUT2D eigenvalue weighted by Gasteiger charge is -2.27. The normalized spacial score (nSPS) is 20.1. The van der Waals surface area contributed by atoms with Crippen molar-refractivity contribution in [1.82, 2.24) is 5.06 Å². The average molecular weight is 195 g/mol. The van der Waals surface area contributed by atoms with E-state index in [1.807, 2.05) is 5.06 Å². The number of halogens is 1. The van der Waals surface area contributed by atoms with Crippen LogP contribution in [0, 0.1) is 5.92 Å². The standard InChI is InChI=1S/C7H14N2O2.ClH/c1-11-9-4-2-6(3-5-9)7(8)10;/h6H,2-5H2,1H3,(H2,8,10);1H. The van der Waals surface area contributed by atoms with Gasteiger partial charge in [0.1, 0.15) is 0 Å². The Labute approximate surface area is 78.4 Å². The van der Waals surface area contributed by atoms with Gasteiger partial charge in [-0.05, 0) is 12.8 Å². The summed E-state index contributed by atoms with van der Waals surface area (Å²) in [5, 5.41) is 1.85. The Kier molecular flexibility index (Phi) is 5.20. The maximum absolute atomic E-state index is 10.7. The van der Waals surface area contributed by atoms with Crippen molar-refractivity contribution in [2.45, 2.75) is 12.8 Å². The first-order valence-corrected chi connectivity index (χ1v) is 3.82. The van der Waals surface area contributed by atoms with Crippen LogP contribution in [0.1, 0.15) is 12.8 Å². The van der Waals surface area contributed by atoms with Crippen LogP contribution in [-0.4, -0.2) is 31.2 Å². The number of hydrogen-bond donors (Lipinski definition) is 1. The Balaban J connectivity index is 0.00000121. The monoisotopic (exact) mass is 194 g/mol. The van der Waals surface area contributed by atoms with E-state index in [1.54, 1.807) is 7.11 Å². The third kappa shape index (κ3) is 2.97. The molecule has 0 aliphatic carbocycles. The predicted molar refractivity (Wildman–Crippen MR) is 47.7 cm³/mol. The molecule has 0 atom stereocenters. The third-order valence-electron chi connectivity index (χ3n) is 2.11. The Bertz CT molecular complexity index is 146. The van der Waals surface area contributed by atoms with Crippen molar-refractivity contribution in [3.63, 3.8) is 0 Å². The van der Waals surface area contributed by atoms with E-state index in [0.717, 1.165) is 25.9 Å². The van der Waals surface area contributed by atoms with Crippen LogP contribution >= 0.6 is 12.4 Å². The summed E-state index contributed by atoms with van der Waals surface area (Å²) >= 11 is 0. The smallest absolute Gasteiger partial charge is 0.220 e. The number of rotatable bonds is 2. The van der Waals surface area contributed by atoms with Gasteiger partial charge >= 0.3 is 0 Å². The van der Waals surface area contributed by atoms with Crippen molar-refractivity contribution in [2.75, 3.05) is 20.2 Å². The maximum atomic E-state index is 10.7. The van der Waals surface area contributed by atoms with Gasteiger partial charge in [0.15, 0.2) is 0 Å². The number of primary amides is 1. The van der Waals surface area contributed by atoms with E-state index in [9.17, 15) is 4.79 Å². The van der Waals surface area contributed by atoms with E-state index < -0.39 is 0 Å². The first kappa shape index (κ1) is 11.7. The predicted octanol–water partition coefficient (Wildman–Crippen LogP) is 0.167. The van der Waals surface area contributed by atoms with Crippen LogP contribution in [-0.2, 0) is 9.63 Å². The molecule has 1 saturated heterocycles. The van der Waals surface area contributed by atoms with Crippen molar-refractivity contribution in [2.24, 2.45) is 11.7 Å². The molecule has 1 heterocycles. The summed E-state index contributed by atoms with van der Waals surface area (Å²) < 4.78 is 0. The fourth-order valence-electron chi connectivity index (χ4n) is 1.32. The van der Waals surface area contributed by atoms with E-state index in [1.165, 1.54) is 0 Å². The largest absolute Gasteiger partial charge is 0.369 e. The molecule has 0 spiro atoms. The first-order valence-electron chi connectivity index (χ1n) is 3.82. The fraction of sp³-hybridized carbons (Fsp3) is 0.857. The number of piperidine rings is 1. The fourth-order valence-corrected chi connectivity index (χ4v) is 1.32. The molecular weight excluding hydrogens is 180 g/mol. The van der Waals surface area contributed by atoms with Crippen LogP contribution in [0.3, 0.4) is 0 Å². The second-order valence-corrected chi connectivity index (χ2v) is 2.79. The lowest BCUT2D eigenvalue weighted by atomic mass is 9.97. The molecule has 1 rings (SSSR count). The molecule has 0 aromatic rings. The minimum absolute atomic E-state index is 0. The lowest BCUT2D eigenvalue weighted by Crippen LogP contribution is -2.37. The molecule has 72 valence electrons. The van der Waals surface area contributed by atoms with E-state index in [4.69, 9.17) is 10.6 Å². The molecule has 1 fully saturated rings. The Morgan fingerprint density at radius 1 is 1.50 bits per heavy atom. The summed E-state index contributed by atoms with van der Waals surface area (Å²) in [6.07, 6.45) is 1.65. The van der Waals surface area contributed by atoms with Gasteiger partial charge in [-0.3, -0.25) is 4.79 Å². The number of nitrogens with zero attached hydrogens (tertiary/aromatic N) is 1. The minimum Gasteiger partial charge on any atom is -0.369 e. The second-order valence-electron chi connectivity index (χ2n) is 2.79. The number of hydroxylamine groups is 2. The molecule has 5 heteroatoms.